The lowest BCUT2D eigenvalue weighted by Crippen LogP contribution is -2.21. The summed E-state index contributed by atoms with van der Waals surface area (Å²) >= 11 is 0. The first-order valence-electron chi connectivity index (χ1n) is 6.32. The summed E-state index contributed by atoms with van der Waals surface area (Å²) in [6.07, 6.45) is 1.55. The molecule has 0 saturated carbocycles. The molecule has 2 aromatic rings. The molecule has 1 N–H and O–H groups in total. The van der Waals surface area contributed by atoms with Crippen molar-refractivity contribution in [2.24, 2.45) is 0 Å². The second-order valence-electron chi connectivity index (χ2n) is 4.73. The highest BCUT2D eigenvalue weighted by Crippen LogP contribution is 2.11. The average molecular weight is 274 g/mol. The van der Waals surface area contributed by atoms with Gasteiger partial charge in [0.1, 0.15) is 11.6 Å². The number of nitrogens with one attached hydrogen (secondary N) is 1. The van der Waals surface area contributed by atoms with E-state index in [-0.39, 0.29) is 5.91 Å². The van der Waals surface area contributed by atoms with Crippen molar-refractivity contribution in [3.8, 4) is 0 Å². The molecule has 0 radical (unpaired) electrons. The monoisotopic (exact) mass is 274 g/mol. The van der Waals surface area contributed by atoms with E-state index in [1.807, 2.05) is 13.8 Å². The van der Waals surface area contributed by atoms with E-state index in [9.17, 15) is 4.79 Å². The molecule has 0 aliphatic heterocycles. The number of rotatable bonds is 4. The second kappa shape index (κ2) is 5.73. The summed E-state index contributed by atoms with van der Waals surface area (Å²) in [7, 11) is 3.42. The Hall–Kier alpha value is -2.37. The molecule has 2 heterocycles. The molecule has 0 bridgehead atoms. The van der Waals surface area contributed by atoms with Gasteiger partial charge in [0.2, 0.25) is 5.89 Å². The molecule has 1 amide bonds. The molecule has 6 heteroatoms. The van der Waals surface area contributed by atoms with Gasteiger partial charge in [-0.15, -0.1) is 0 Å². The first-order chi connectivity index (χ1) is 9.47. The second-order valence-corrected chi connectivity index (χ2v) is 4.73. The summed E-state index contributed by atoms with van der Waals surface area (Å²) in [6.45, 7) is 4.25. The maximum Gasteiger partial charge on any atom is 0.254 e. The van der Waals surface area contributed by atoms with E-state index in [4.69, 9.17) is 4.42 Å². The van der Waals surface area contributed by atoms with Crippen LogP contribution in [0.3, 0.4) is 0 Å². The number of hydrogen-bond acceptors (Lipinski definition) is 5. The van der Waals surface area contributed by atoms with Crippen molar-refractivity contribution >= 4 is 11.7 Å². The largest absolute Gasteiger partial charge is 0.444 e. The highest BCUT2D eigenvalue weighted by atomic mass is 16.4. The van der Waals surface area contributed by atoms with Gasteiger partial charge in [0.25, 0.3) is 5.91 Å². The van der Waals surface area contributed by atoms with E-state index >= 15 is 0 Å². The van der Waals surface area contributed by atoms with Crippen LogP contribution in [0.5, 0.6) is 0 Å². The van der Waals surface area contributed by atoms with Crippen molar-refractivity contribution in [3.63, 3.8) is 0 Å². The van der Waals surface area contributed by atoms with E-state index in [2.05, 4.69) is 15.3 Å². The Balaban J connectivity index is 1.99. The Morgan fingerprint density at radius 1 is 1.35 bits per heavy atom. The van der Waals surface area contributed by atoms with Gasteiger partial charge in [-0.1, -0.05) is 0 Å². The Morgan fingerprint density at radius 3 is 2.60 bits per heavy atom. The van der Waals surface area contributed by atoms with Crippen LogP contribution < -0.4 is 5.32 Å². The summed E-state index contributed by atoms with van der Waals surface area (Å²) in [5.74, 6) is 2.05. The topological polar surface area (TPSA) is 71.3 Å². The molecule has 0 atom stereocenters. The van der Waals surface area contributed by atoms with Gasteiger partial charge in [0.05, 0.1) is 17.8 Å². The van der Waals surface area contributed by atoms with Gasteiger partial charge in [-0.2, -0.15) is 0 Å². The normalized spacial score (nSPS) is 10.4. The Bertz CT molecular complexity index is 583. The molecular weight excluding hydrogens is 256 g/mol. The van der Waals surface area contributed by atoms with Crippen molar-refractivity contribution in [1.82, 2.24) is 14.9 Å². The van der Waals surface area contributed by atoms with E-state index < -0.39 is 0 Å². The molecule has 0 aromatic carbocycles. The quantitative estimate of drug-likeness (QED) is 0.923. The van der Waals surface area contributed by atoms with Crippen molar-refractivity contribution < 1.29 is 9.21 Å². The maximum absolute atomic E-state index is 11.7. The molecule has 0 fully saturated rings. The first kappa shape index (κ1) is 14.0. The Labute approximate surface area is 117 Å². The molecule has 0 unspecified atom stereocenters. The van der Waals surface area contributed by atoms with Crippen molar-refractivity contribution in [2.45, 2.75) is 20.4 Å². The van der Waals surface area contributed by atoms with Gasteiger partial charge in [-0.25, -0.2) is 9.97 Å². The standard InChI is InChI=1S/C14H18N4O2/c1-9-10(2)20-13(17-9)8-16-12-6-5-11(7-15-12)14(19)18(3)4/h5-7H,8H2,1-4H3,(H,15,16). The molecule has 0 aliphatic carbocycles. The SMILES string of the molecule is Cc1nc(CNc2ccc(C(=O)N(C)C)cn2)oc1C. The van der Waals surface area contributed by atoms with Crippen molar-refractivity contribution in [1.29, 1.82) is 0 Å². The van der Waals surface area contributed by atoms with Gasteiger partial charge >= 0.3 is 0 Å². The number of hydrogen-bond donors (Lipinski definition) is 1. The number of carbonyl (C=O) groups excluding carboxylic acids is 1. The van der Waals surface area contributed by atoms with Crippen LogP contribution in [0.15, 0.2) is 22.7 Å². The summed E-state index contributed by atoms with van der Waals surface area (Å²) in [5.41, 5.74) is 1.45. The van der Waals surface area contributed by atoms with Crippen LogP contribution in [0.2, 0.25) is 0 Å². The third kappa shape index (κ3) is 3.14. The minimum Gasteiger partial charge on any atom is -0.444 e. The number of aromatic nitrogens is 2. The minimum atomic E-state index is -0.0667. The lowest BCUT2D eigenvalue weighted by molar-refractivity contribution is 0.0827. The van der Waals surface area contributed by atoms with E-state index in [0.29, 0.717) is 23.8 Å². The van der Waals surface area contributed by atoms with Gasteiger partial charge in [0.15, 0.2) is 0 Å². The first-order valence-corrected chi connectivity index (χ1v) is 6.32. The summed E-state index contributed by atoms with van der Waals surface area (Å²) in [5, 5.41) is 3.10. The van der Waals surface area contributed by atoms with E-state index in [1.165, 1.54) is 4.90 Å². The van der Waals surface area contributed by atoms with E-state index in [1.54, 1.807) is 32.4 Å². The van der Waals surface area contributed by atoms with Gasteiger partial charge < -0.3 is 14.6 Å². The number of carbonyl (C=O) groups is 1. The molecular formula is C14H18N4O2. The number of aryl methyl sites for hydroxylation is 2. The highest BCUT2D eigenvalue weighted by molar-refractivity contribution is 5.93. The van der Waals surface area contributed by atoms with Gasteiger partial charge in [-0.05, 0) is 26.0 Å². The lowest BCUT2D eigenvalue weighted by Gasteiger charge is -2.10. The summed E-state index contributed by atoms with van der Waals surface area (Å²) < 4.78 is 5.47. The maximum atomic E-state index is 11.7. The van der Waals surface area contributed by atoms with E-state index in [0.717, 1.165) is 11.5 Å². The molecule has 0 spiro atoms. The fraction of sp³-hybridized carbons (Fsp3) is 0.357. The molecule has 106 valence electrons. The molecule has 0 saturated heterocycles. The van der Waals surface area contributed by atoms with Crippen LogP contribution in [-0.4, -0.2) is 34.9 Å². The number of amides is 1. The number of oxazole rings is 1. The van der Waals surface area contributed by atoms with Gasteiger partial charge in [0, 0.05) is 20.3 Å². The number of nitrogens with zero attached hydrogens (tertiary/aromatic N) is 3. The Kier molecular flexibility index (Phi) is 4.02. The zero-order chi connectivity index (χ0) is 14.7. The fourth-order valence-corrected chi connectivity index (χ4v) is 1.66. The average Bonchev–Trinajstić information content (AvgIpc) is 2.75. The molecule has 2 rings (SSSR count). The van der Waals surface area contributed by atoms with Crippen molar-refractivity contribution in [2.75, 3.05) is 19.4 Å². The third-order valence-electron chi connectivity index (χ3n) is 2.91. The van der Waals surface area contributed by atoms with Crippen LogP contribution in [0.1, 0.15) is 27.7 Å². The zero-order valence-electron chi connectivity index (χ0n) is 12.1. The molecule has 6 nitrogen and oxygen atoms in total. The molecule has 0 aliphatic rings. The van der Waals surface area contributed by atoms with Crippen LogP contribution >= 0.6 is 0 Å². The van der Waals surface area contributed by atoms with Crippen LogP contribution in [0, 0.1) is 13.8 Å². The van der Waals surface area contributed by atoms with Crippen LogP contribution in [-0.2, 0) is 6.54 Å². The predicted octanol–water partition coefficient (Wildman–Crippen LogP) is 2.00. The summed E-state index contributed by atoms with van der Waals surface area (Å²) in [4.78, 5) is 21.7. The molecule has 2 aromatic heterocycles. The minimum absolute atomic E-state index is 0.0667. The number of anilines is 1. The Morgan fingerprint density at radius 2 is 2.10 bits per heavy atom. The predicted molar refractivity (Wildman–Crippen MR) is 75.6 cm³/mol. The third-order valence-corrected chi connectivity index (χ3v) is 2.91. The zero-order valence-corrected chi connectivity index (χ0v) is 12.1. The fourth-order valence-electron chi connectivity index (χ4n) is 1.66. The smallest absolute Gasteiger partial charge is 0.254 e. The van der Waals surface area contributed by atoms with Crippen molar-refractivity contribution in [3.05, 3.63) is 41.2 Å². The summed E-state index contributed by atoms with van der Waals surface area (Å²) in [6, 6.07) is 3.50. The number of pyridine rings is 1. The van der Waals surface area contributed by atoms with Crippen LogP contribution in [0.4, 0.5) is 5.82 Å². The molecule has 20 heavy (non-hydrogen) atoms. The highest BCUT2D eigenvalue weighted by Gasteiger charge is 2.09. The van der Waals surface area contributed by atoms with Crippen LogP contribution in [0.25, 0.3) is 0 Å². The van der Waals surface area contributed by atoms with Gasteiger partial charge in [-0.3, -0.25) is 4.79 Å². The lowest BCUT2D eigenvalue weighted by atomic mass is 10.2.